The van der Waals surface area contributed by atoms with Crippen LogP contribution in [0.4, 0.5) is 4.39 Å². The summed E-state index contributed by atoms with van der Waals surface area (Å²) in [6.07, 6.45) is 1.19. The fraction of sp³-hybridized carbons (Fsp3) is 0.250. The molecular formula is C20H20FN3O. The Morgan fingerprint density at radius 1 is 1.08 bits per heavy atom. The van der Waals surface area contributed by atoms with Crippen LogP contribution in [-0.4, -0.2) is 25.3 Å². The van der Waals surface area contributed by atoms with E-state index in [1.165, 1.54) is 6.07 Å². The van der Waals surface area contributed by atoms with E-state index in [1.807, 2.05) is 42.7 Å². The number of fused-ring (bicyclic) bond motifs is 2. The predicted molar refractivity (Wildman–Crippen MR) is 97.1 cm³/mol. The summed E-state index contributed by atoms with van der Waals surface area (Å²) in [5.41, 5.74) is 4.98. The summed E-state index contributed by atoms with van der Waals surface area (Å²) in [4.78, 5) is 4.36. The summed E-state index contributed by atoms with van der Waals surface area (Å²) in [6.45, 7) is 4.91. The maximum atomic E-state index is 13.6. The lowest BCUT2D eigenvalue weighted by atomic mass is 10.1. The highest BCUT2D eigenvalue weighted by Gasteiger charge is 2.15. The number of nitrogens with zero attached hydrogens (tertiary/aromatic N) is 3. The summed E-state index contributed by atoms with van der Waals surface area (Å²) in [5, 5.41) is 11.5. The first-order chi connectivity index (χ1) is 12.0. The van der Waals surface area contributed by atoms with Crippen molar-refractivity contribution in [2.24, 2.45) is 0 Å². The van der Waals surface area contributed by atoms with E-state index >= 15 is 0 Å². The van der Waals surface area contributed by atoms with Crippen molar-refractivity contribution in [2.75, 3.05) is 0 Å². The minimum atomic E-state index is -0.573. The van der Waals surface area contributed by atoms with Crippen LogP contribution in [0, 0.1) is 19.7 Å². The van der Waals surface area contributed by atoms with E-state index in [0.29, 0.717) is 13.1 Å². The second kappa shape index (κ2) is 6.01. The smallest absolute Gasteiger partial charge is 0.123 e. The van der Waals surface area contributed by atoms with Gasteiger partial charge in [0, 0.05) is 16.6 Å². The average Bonchev–Trinajstić information content (AvgIpc) is 3.10. The Bertz CT molecular complexity index is 1060. The van der Waals surface area contributed by atoms with Crippen molar-refractivity contribution in [1.82, 2.24) is 14.1 Å². The van der Waals surface area contributed by atoms with Gasteiger partial charge in [-0.05, 0) is 49.7 Å². The third-order valence-electron chi connectivity index (χ3n) is 4.93. The third-order valence-corrected chi connectivity index (χ3v) is 4.93. The Hall–Kier alpha value is -2.66. The molecule has 0 saturated heterocycles. The Morgan fingerprint density at radius 3 is 2.72 bits per heavy atom. The molecule has 0 aliphatic heterocycles. The second-order valence-corrected chi connectivity index (χ2v) is 6.52. The molecule has 0 bridgehead atoms. The Kier molecular flexibility index (Phi) is 3.81. The largest absolute Gasteiger partial charge is 0.389 e. The standard InChI is InChI=1S/C20H20FN3O/c1-13-14(2)24(19-8-7-15(21)9-17(13)19)11-16(25)10-23-12-22-18-5-3-4-6-20(18)23/h3-9,12,16,25H,10-11H2,1-2H3/t16-/m0/s1. The van der Waals surface area contributed by atoms with Gasteiger partial charge in [-0.15, -0.1) is 0 Å². The van der Waals surface area contributed by atoms with E-state index in [4.69, 9.17) is 0 Å². The van der Waals surface area contributed by atoms with Crippen molar-refractivity contribution in [3.05, 3.63) is 65.9 Å². The van der Waals surface area contributed by atoms with Gasteiger partial charge in [-0.3, -0.25) is 0 Å². The zero-order valence-electron chi connectivity index (χ0n) is 14.3. The highest BCUT2D eigenvalue weighted by molar-refractivity contribution is 5.85. The zero-order valence-corrected chi connectivity index (χ0v) is 14.3. The lowest BCUT2D eigenvalue weighted by Crippen LogP contribution is -2.22. The van der Waals surface area contributed by atoms with Crippen molar-refractivity contribution >= 4 is 21.9 Å². The number of aryl methyl sites for hydroxylation is 1. The first-order valence-electron chi connectivity index (χ1n) is 8.37. The van der Waals surface area contributed by atoms with Crippen molar-refractivity contribution < 1.29 is 9.50 Å². The fourth-order valence-electron chi connectivity index (χ4n) is 3.51. The lowest BCUT2D eigenvalue weighted by molar-refractivity contribution is 0.136. The van der Waals surface area contributed by atoms with Crippen LogP contribution in [0.5, 0.6) is 0 Å². The number of aromatic nitrogens is 3. The molecule has 4 rings (SSSR count). The van der Waals surface area contributed by atoms with Crippen LogP contribution in [0.15, 0.2) is 48.8 Å². The molecular weight excluding hydrogens is 317 g/mol. The minimum absolute atomic E-state index is 0.238. The maximum Gasteiger partial charge on any atom is 0.123 e. The third kappa shape index (κ3) is 2.70. The fourth-order valence-corrected chi connectivity index (χ4v) is 3.51. The quantitative estimate of drug-likeness (QED) is 0.615. The molecule has 128 valence electrons. The molecule has 0 aliphatic rings. The van der Waals surface area contributed by atoms with E-state index in [2.05, 4.69) is 9.55 Å². The Labute approximate surface area is 145 Å². The molecule has 0 amide bonds. The predicted octanol–water partition coefficient (Wildman–Crippen LogP) is 3.81. The van der Waals surface area contributed by atoms with Gasteiger partial charge in [-0.25, -0.2) is 9.37 Å². The highest BCUT2D eigenvalue weighted by Crippen LogP contribution is 2.26. The molecule has 0 unspecified atom stereocenters. The van der Waals surface area contributed by atoms with E-state index in [1.54, 1.807) is 18.5 Å². The molecule has 1 atom stereocenters. The summed E-state index contributed by atoms with van der Waals surface area (Å²) in [7, 11) is 0. The summed E-state index contributed by atoms with van der Waals surface area (Å²) in [6, 6.07) is 12.7. The van der Waals surface area contributed by atoms with Crippen LogP contribution in [-0.2, 0) is 13.1 Å². The van der Waals surface area contributed by atoms with Gasteiger partial charge in [0.25, 0.3) is 0 Å². The molecule has 4 nitrogen and oxygen atoms in total. The van der Waals surface area contributed by atoms with Gasteiger partial charge >= 0.3 is 0 Å². The number of halogens is 1. The van der Waals surface area contributed by atoms with E-state index in [0.717, 1.165) is 33.2 Å². The Morgan fingerprint density at radius 2 is 1.88 bits per heavy atom. The van der Waals surface area contributed by atoms with E-state index < -0.39 is 6.10 Å². The Balaban J connectivity index is 1.64. The number of rotatable bonds is 4. The molecule has 2 aromatic carbocycles. The number of hydrogen-bond donors (Lipinski definition) is 1. The molecule has 0 spiro atoms. The van der Waals surface area contributed by atoms with Gasteiger partial charge < -0.3 is 14.2 Å². The summed E-state index contributed by atoms with van der Waals surface area (Å²) < 4.78 is 17.6. The SMILES string of the molecule is Cc1c(C)n(C[C@@H](O)Cn2cnc3ccccc32)c2ccc(F)cc12. The summed E-state index contributed by atoms with van der Waals surface area (Å²) >= 11 is 0. The molecule has 4 aromatic rings. The normalized spacial score (nSPS) is 13.0. The number of para-hydroxylation sites is 2. The molecule has 2 aromatic heterocycles. The molecule has 0 radical (unpaired) electrons. The van der Waals surface area contributed by atoms with Crippen molar-refractivity contribution in [1.29, 1.82) is 0 Å². The molecule has 5 heteroatoms. The number of hydrogen-bond acceptors (Lipinski definition) is 2. The molecule has 25 heavy (non-hydrogen) atoms. The molecule has 0 fully saturated rings. The van der Waals surface area contributed by atoms with Gasteiger partial charge in [0.1, 0.15) is 5.82 Å². The van der Waals surface area contributed by atoms with Crippen molar-refractivity contribution in [2.45, 2.75) is 33.0 Å². The number of benzene rings is 2. The average molecular weight is 337 g/mol. The van der Waals surface area contributed by atoms with E-state index in [9.17, 15) is 9.50 Å². The van der Waals surface area contributed by atoms with Gasteiger partial charge in [-0.2, -0.15) is 0 Å². The monoisotopic (exact) mass is 337 g/mol. The van der Waals surface area contributed by atoms with Crippen molar-refractivity contribution in [3.63, 3.8) is 0 Å². The van der Waals surface area contributed by atoms with Gasteiger partial charge in [-0.1, -0.05) is 12.1 Å². The van der Waals surface area contributed by atoms with Gasteiger partial charge in [0.15, 0.2) is 0 Å². The molecule has 0 saturated carbocycles. The highest BCUT2D eigenvalue weighted by atomic mass is 19.1. The summed E-state index contributed by atoms with van der Waals surface area (Å²) in [5.74, 6) is -0.238. The van der Waals surface area contributed by atoms with E-state index in [-0.39, 0.29) is 5.82 Å². The van der Waals surface area contributed by atoms with Crippen LogP contribution < -0.4 is 0 Å². The van der Waals surface area contributed by atoms with Gasteiger partial charge in [0.05, 0.1) is 36.6 Å². The molecule has 0 aliphatic carbocycles. The van der Waals surface area contributed by atoms with Crippen molar-refractivity contribution in [3.8, 4) is 0 Å². The number of aliphatic hydroxyl groups excluding tert-OH is 1. The first kappa shape index (κ1) is 15.8. The molecule has 1 N–H and O–H groups in total. The minimum Gasteiger partial charge on any atom is -0.389 e. The van der Waals surface area contributed by atoms with Crippen LogP contribution in [0.25, 0.3) is 21.9 Å². The van der Waals surface area contributed by atoms with Crippen LogP contribution >= 0.6 is 0 Å². The van der Waals surface area contributed by atoms with Crippen LogP contribution in [0.3, 0.4) is 0 Å². The topological polar surface area (TPSA) is 43.0 Å². The van der Waals surface area contributed by atoms with Crippen LogP contribution in [0.2, 0.25) is 0 Å². The second-order valence-electron chi connectivity index (χ2n) is 6.52. The van der Waals surface area contributed by atoms with Crippen LogP contribution in [0.1, 0.15) is 11.3 Å². The lowest BCUT2D eigenvalue weighted by Gasteiger charge is -2.16. The first-order valence-corrected chi connectivity index (χ1v) is 8.37. The zero-order chi connectivity index (χ0) is 17.6. The molecule has 2 heterocycles. The number of imidazole rings is 1. The maximum absolute atomic E-state index is 13.6. The van der Waals surface area contributed by atoms with Gasteiger partial charge in [0.2, 0.25) is 0 Å². The number of aliphatic hydroxyl groups is 1.